The van der Waals surface area contributed by atoms with Gasteiger partial charge in [-0.3, -0.25) is 14.9 Å². The monoisotopic (exact) mass is 286 g/mol. The lowest BCUT2D eigenvalue weighted by Gasteiger charge is -2.20. The molecule has 0 aliphatic carbocycles. The van der Waals surface area contributed by atoms with Crippen molar-refractivity contribution in [2.75, 3.05) is 6.54 Å². The standard InChI is InChI=1S/C15H15ClN4/c16-14-4-7-19-15(9-14)12-20(8-2-5-17)11-13-3-1-6-18-10-13/h1,3-4,6-7,9-10H,2,8,11-12H2. The van der Waals surface area contributed by atoms with Crippen LogP contribution in [0.15, 0.2) is 42.9 Å². The molecule has 102 valence electrons. The maximum atomic E-state index is 8.77. The van der Waals surface area contributed by atoms with Crippen LogP contribution >= 0.6 is 11.6 Å². The van der Waals surface area contributed by atoms with E-state index in [-0.39, 0.29) is 0 Å². The number of pyridine rings is 2. The Morgan fingerprint density at radius 1 is 1.25 bits per heavy atom. The van der Waals surface area contributed by atoms with Crippen molar-refractivity contribution in [2.45, 2.75) is 19.5 Å². The summed E-state index contributed by atoms with van der Waals surface area (Å²) in [6.07, 6.45) is 5.78. The summed E-state index contributed by atoms with van der Waals surface area (Å²) in [5.74, 6) is 0. The molecule has 0 atom stereocenters. The number of nitriles is 1. The van der Waals surface area contributed by atoms with Crippen molar-refractivity contribution >= 4 is 11.6 Å². The van der Waals surface area contributed by atoms with Gasteiger partial charge in [0.1, 0.15) is 0 Å². The van der Waals surface area contributed by atoms with Gasteiger partial charge < -0.3 is 0 Å². The van der Waals surface area contributed by atoms with Crippen LogP contribution in [0.2, 0.25) is 5.02 Å². The zero-order valence-electron chi connectivity index (χ0n) is 11.0. The fraction of sp³-hybridized carbons (Fsp3) is 0.267. The Labute approximate surface area is 123 Å². The lowest BCUT2D eigenvalue weighted by atomic mass is 10.2. The van der Waals surface area contributed by atoms with Gasteiger partial charge in [-0.25, -0.2) is 0 Å². The van der Waals surface area contributed by atoms with Gasteiger partial charge in [-0.1, -0.05) is 17.7 Å². The number of rotatable bonds is 6. The molecule has 0 saturated carbocycles. The summed E-state index contributed by atoms with van der Waals surface area (Å²) in [4.78, 5) is 10.6. The molecule has 2 heterocycles. The lowest BCUT2D eigenvalue weighted by Crippen LogP contribution is -2.24. The molecule has 0 N–H and O–H groups in total. The van der Waals surface area contributed by atoms with Crippen LogP contribution in [0.25, 0.3) is 0 Å². The fourth-order valence-corrected chi connectivity index (χ4v) is 2.12. The molecule has 0 bridgehead atoms. The predicted molar refractivity (Wildman–Crippen MR) is 77.8 cm³/mol. The average Bonchev–Trinajstić information content (AvgIpc) is 2.46. The van der Waals surface area contributed by atoms with E-state index in [1.54, 1.807) is 18.5 Å². The molecule has 0 spiro atoms. The number of halogens is 1. The van der Waals surface area contributed by atoms with Crippen molar-refractivity contribution in [1.82, 2.24) is 14.9 Å². The van der Waals surface area contributed by atoms with E-state index in [0.29, 0.717) is 24.5 Å². The van der Waals surface area contributed by atoms with Gasteiger partial charge in [-0.05, 0) is 23.8 Å². The molecule has 2 aromatic heterocycles. The molecule has 2 aromatic rings. The van der Waals surface area contributed by atoms with E-state index < -0.39 is 0 Å². The lowest BCUT2D eigenvalue weighted by molar-refractivity contribution is 0.259. The summed E-state index contributed by atoms with van der Waals surface area (Å²) >= 11 is 5.97. The highest BCUT2D eigenvalue weighted by Crippen LogP contribution is 2.12. The molecule has 0 radical (unpaired) electrons. The van der Waals surface area contributed by atoms with Crippen LogP contribution in [0.3, 0.4) is 0 Å². The number of hydrogen-bond donors (Lipinski definition) is 0. The topological polar surface area (TPSA) is 52.8 Å². The Balaban J connectivity index is 2.05. The van der Waals surface area contributed by atoms with E-state index in [4.69, 9.17) is 16.9 Å². The molecule has 0 saturated heterocycles. The molecule has 0 amide bonds. The maximum absolute atomic E-state index is 8.77. The smallest absolute Gasteiger partial charge is 0.0635 e. The van der Waals surface area contributed by atoms with Crippen molar-refractivity contribution in [3.8, 4) is 6.07 Å². The highest BCUT2D eigenvalue weighted by molar-refractivity contribution is 6.30. The number of nitrogens with zero attached hydrogens (tertiary/aromatic N) is 4. The van der Waals surface area contributed by atoms with Crippen molar-refractivity contribution in [3.63, 3.8) is 0 Å². The minimum atomic E-state index is 0.487. The highest BCUT2D eigenvalue weighted by Gasteiger charge is 2.08. The van der Waals surface area contributed by atoms with Crippen LogP contribution in [0.5, 0.6) is 0 Å². The van der Waals surface area contributed by atoms with Gasteiger partial charge in [-0.15, -0.1) is 0 Å². The van der Waals surface area contributed by atoms with Gasteiger partial charge in [0, 0.05) is 49.7 Å². The zero-order valence-corrected chi connectivity index (χ0v) is 11.8. The van der Waals surface area contributed by atoms with Gasteiger partial charge in [0.05, 0.1) is 11.8 Å². The van der Waals surface area contributed by atoms with Gasteiger partial charge in [0.2, 0.25) is 0 Å². The first-order valence-corrected chi connectivity index (χ1v) is 6.74. The SMILES string of the molecule is N#CCCN(Cc1cccnc1)Cc1cc(Cl)ccn1. The summed E-state index contributed by atoms with van der Waals surface area (Å²) in [5, 5.41) is 9.44. The molecular weight excluding hydrogens is 272 g/mol. The Morgan fingerprint density at radius 2 is 2.15 bits per heavy atom. The first kappa shape index (κ1) is 14.4. The largest absolute Gasteiger partial charge is 0.292 e. The second kappa shape index (κ2) is 7.59. The molecule has 4 nitrogen and oxygen atoms in total. The Bertz CT molecular complexity index is 580. The van der Waals surface area contributed by atoms with Crippen molar-refractivity contribution < 1.29 is 0 Å². The second-order valence-corrected chi connectivity index (χ2v) is 4.88. The Kier molecular flexibility index (Phi) is 5.48. The van der Waals surface area contributed by atoms with Gasteiger partial charge in [-0.2, -0.15) is 5.26 Å². The maximum Gasteiger partial charge on any atom is 0.0635 e. The van der Waals surface area contributed by atoms with Crippen LogP contribution in [0.4, 0.5) is 0 Å². The van der Waals surface area contributed by atoms with Crippen molar-refractivity contribution in [1.29, 1.82) is 5.26 Å². The minimum absolute atomic E-state index is 0.487. The first-order valence-electron chi connectivity index (χ1n) is 6.36. The molecule has 2 rings (SSSR count). The summed E-state index contributed by atoms with van der Waals surface area (Å²) in [5.41, 5.74) is 2.02. The summed E-state index contributed by atoms with van der Waals surface area (Å²) < 4.78 is 0. The molecule has 0 aliphatic rings. The van der Waals surface area contributed by atoms with E-state index in [1.807, 2.05) is 24.4 Å². The van der Waals surface area contributed by atoms with Crippen molar-refractivity contribution in [3.05, 3.63) is 59.1 Å². The van der Waals surface area contributed by atoms with Crippen molar-refractivity contribution in [2.24, 2.45) is 0 Å². The third-order valence-corrected chi connectivity index (χ3v) is 3.07. The van der Waals surface area contributed by atoms with Gasteiger partial charge in [0.25, 0.3) is 0 Å². The average molecular weight is 287 g/mol. The number of aromatic nitrogens is 2. The third kappa shape index (κ3) is 4.61. The number of hydrogen-bond acceptors (Lipinski definition) is 4. The summed E-state index contributed by atoms with van der Waals surface area (Å²) in [7, 11) is 0. The summed E-state index contributed by atoms with van der Waals surface area (Å²) in [6, 6.07) is 9.72. The van der Waals surface area contributed by atoms with Crippen LogP contribution in [0.1, 0.15) is 17.7 Å². The third-order valence-electron chi connectivity index (χ3n) is 2.83. The van der Waals surface area contributed by atoms with Crippen LogP contribution in [-0.2, 0) is 13.1 Å². The van der Waals surface area contributed by atoms with E-state index in [0.717, 1.165) is 17.8 Å². The van der Waals surface area contributed by atoms with E-state index in [9.17, 15) is 0 Å². The Hall–Kier alpha value is -1.96. The van der Waals surface area contributed by atoms with Gasteiger partial charge >= 0.3 is 0 Å². The minimum Gasteiger partial charge on any atom is -0.292 e. The molecule has 5 heteroatoms. The van der Waals surface area contributed by atoms with E-state index >= 15 is 0 Å². The molecule has 0 unspecified atom stereocenters. The normalized spacial score (nSPS) is 10.4. The molecule has 20 heavy (non-hydrogen) atoms. The first-order chi connectivity index (χ1) is 9.78. The quantitative estimate of drug-likeness (QED) is 0.819. The van der Waals surface area contributed by atoms with E-state index in [2.05, 4.69) is 20.9 Å². The predicted octanol–water partition coefficient (Wildman–Crippen LogP) is 3.05. The van der Waals surface area contributed by atoms with Gasteiger partial charge in [0.15, 0.2) is 0 Å². The molecule has 0 aromatic carbocycles. The molecular formula is C15H15ClN4. The zero-order chi connectivity index (χ0) is 14.2. The summed E-state index contributed by atoms with van der Waals surface area (Å²) in [6.45, 7) is 2.10. The van der Waals surface area contributed by atoms with Crippen LogP contribution in [-0.4, -0.2) is 21.4 Å². The van der Waals surface area contributed by atoms with Crippen LogP contribution in [0, 0.1) is 11.3 Å². The highest BCUT2D eigenvalue weighted by atomic mass is 35.5. The van der Waals surface area contributed by atoms with Crippen LogP contribution < -0.4 is 0 Å². The van der Waals surface area contributed by atoms with E-state index in [1.165, 1.54) is 0 Å². The fourth-order valence-electron chi connectivity index (χ4n) is 1.94. The Morgan fingerprint density at radius 3 is 2.85 bits per heavy atom. The second-order valence-electron chi connectivity index (χ2n) is 4.45. The molecule has 0 aliphatic heterocycles. The molecule has 0 fully saturated rings.